The van der Waals surface area contributed by atoms with Crippen LogP contribution in [0, 0.1) is 0 Å². The van der Waals surface area contributed by atoms with Crippen LogP contribution in [0.1, 0.15) is 18.1 Å². The van der Waals surface area contributed by atoms with E-state index >= 15 is 0 Å². The van der Waals surface area contributed by atoms with E-state index in [0.717, 1.165) is 15.6 Å². The molecule has 118 valence electrons. The fraction of sp³-hybridized carbons (Fsp3) is 0.176. The van der Waals surface area contributed by atoms with Gasteiger partial charge in [0.15, 0.2) is 0 Å². The van der Waals surface area contributed by atoms with Crippen LogP contribution >= 0.6 is 27.5 Å². The zero-order valence-electron chi connectivity index (χ0n) is 12.3. The molecule has 1 unspecified atom stereocenters. The lowest BCUT2D eigenvalue weighted by Crippen LogP contribution is -2.41. The van der Waals surface area contributed by atoms with Crippen LogP contribution in [0.25, 0.3) is 0 Å². The van der Waals surface area contributed by atoms with Gasteiger partial charge in [-0.2, -0.15) is 0 Å². The molecule has 0 aliphatic carbocycles. The van der Waals surface area contributed by atoms with E-state index in [2.05, 4.69) is 21.2 Å². The Morgan fingerprint density at radius 3 is 2.43 bits per heavy atom. The Balaban J connectivity index is 1.91. The molecule has 0 spiro atoms. The number of nitrogens with zero attached hydrogens (tertiary/aromatic N) is 1. The van der Waals surface area contributed by atoms with Crippen molar-refractivity contribution in [1.82, 2.24) is 10.2 Å². The minimum Gasteiger partial charge on any atom is -0.319 e. The molecule has 1 aliphatic rings. The number of urea groups is 1. The summed E-state index contributed by atoms with van der Waals surface area (Å²) >= 11 is 9.31. The van der Waals surface area contributed by atoms with Gasteiger partial charge in [-0.3, -0.25) is 9.69 Å². The minimum absolute atomic E-state index is 0.210. The van der Waals surface area contributed by atoms with Crippen LogP contribution in [0.4, 0.5) is 4.79 Å². The van der Waals surface area contributed by atoms with Gasteiger partial charge >= 0.3 is 6.03 Å². The van der Waals surface area contributed by atoms with Crippen LogP contribution in [0.5, 0.6) is 0 Å². The number of halogens is 2. The molecular weight excluding hydrogens is 380 g/mol. The third kappa shape index (κ3) is 2.86. The summed E-state index contributed by atoms with van der Waals surface area (Å²) in [6, 6.07) is 14.1. The summed E-state index contributed by atoms with van der Waals surface area (Å²) in [6.07, 6.45) is 0. The highest BCUT2D eigenvalue weighted by atomic mass is 79.9. The first-order chi connectivity index (χ1) is 10.9. The molecule has 1 atom stereocenters. The van der Waals surface area contributed by atoms with Crippen molar-refractivity contribution >= 4 is 39.5 Å². The molecule has 0 radical (unpaired) electrons. The average Bonchev–Trinajstić information content (AvgIpc) is 2.74. The van der Waals surface area contributed by atoms with Crippen molar-refractivity contribution in [2.75, 3.05) is 0 Å². The van der Waals surface area contributed by atoms with Gasteiger partial charge in [0.1, 0.15) is 5.54 Å². The zero-order valence-corrected chi connectivity index (χ0v) is 14.7. The van der Waals surface area contributed by atoms with Crippen molar-refractivity contribution < 1.29 is 9.59 Å². The van der Waals surface area contributed by atoms with Crippen LogP contribution in [0.3, 0.4) is 0 Å². The number of imide groups is 1. The minimum atomic E-state index is -1.08. The van der Waals surface area contributed by atoms with Gasteiger partial charge in [-0.15, -0.1) is 0 Å². The van der Waals surface area contributed by atoms with Gasteiger partial charge in [-0.25, -0.2) is 4.79 Å². The summed E-state index contributed by atoms with van der Waals surface area (Å²) in [6.45, 7) is 1.93. The fourth-order valence-corrected chi connectivity index (χ4v) is 3.47. The number of nitrogens with one attached hydrogen (secondary N) is 1. The average molecular weight is 394 g/mol. The van der Waals surface area contributed by atoms with Gasteiger partial charge in [0.2, 0.25) is 0 Å². The lowest BCUT2D eigenvalue weighted by molar-refractivity contribution is -0.131. The molecule has 1 N–H and O–H groups in total. The number of carbonyl (C=O) groups excluding carboxylic acids is 2. The van der Waals surface area contributed by atoms with E-state index in [1.54, 1.807) is 31.2 Å². The maximum Gasteiger partial charge on any atom is 0.325 e. The Kier molecular flexibility index (Phi) is 4.17. The monoisotopic (exact) mass is 392 g/mol. The Morgan fingerprint density at radius 1 is 1.13 bits per heavy atom. The van der Waals surface area contributed by atoms with Crippen molar-refractivity contribution in [3.05, 3.63) is 69.2 Å². The predicted molar refractivity (Wildman–Crippen MR) is 92.0 cm³/mol. The second-order valence-corrected chi connectivity index (χ2v) is 6.84. The molecule has 0 bridgehead atoms. The molecule has 4 nitrogen and oxygen atoms in total. The third-order valence-electron chi connectivity index (χ3n) is 3.94. The Morgan fingerprint density at radius 2 is 1.78 bits per heavy atom. The van der Waals surface area contributed by atoms with Crippen LogP contribution < -0.4 is 5.32 Å². The predicted octanol–water partition coefficient (Wildman–Crippen LogP) is 4.07. The number of amides is 3. The largest absolute Gasteiger partial charge is 0.325 e. The molecule has 1 saturated heterocycles. The van der Waals surface area contributed by atoms with E-state index in [1.807, 2.05) is 24.3 Å². The van der Waals surface area contributed by atoms with Crippen molar-refractivity contribution in [2.45, 2.75) is 19.0 Å². The number of benzene rings is 2. The molecule has 2 aromatic rings. The summed E-state index contributed by atoms with van der Waals surface area (Å²) in [5, 5.41) is 3.42. The molecule has 2 aromatic carbocycles. The Hall–Kier alpha value is -1.85. The second kappa shape index (κ2) is 5.98. The first kappa shape index (κ1) is 16.0. The molecule has 3 amide bonds. The number of hydrogen-bond donors (Lipinski definition) is 1. The van der Waals surface area contributed by atoms with E-state index < -0.39 is 11.6 Å². The Bertz CT molecular complexity index is 778. The Labute approximate surface area is 147 Å². The molecule has 0 saturated carbocycles. The quantitative estimate of drug-likeness (QED) is 0.799. The molecule has 1 aliphatic heterocycles. The van der Waals surface area contributed by atoms with E-state index in [4.69, 9.17) is 11.6 Å². The van der Waals surface area contributed by atoms with E-state index in [-0.39, 0.29) is 12.5 Å². The molecule has 1 fully saturated rings. The highest BCUT2D eigenvalue weighted by Crippen LogP contribution is 2.34. The van der Waals surface area contributed by atoms with Crippen molar-refractivity contribution in [3.8, 4) is 0 Å². The van der Waals surface area contributed by atoms with E-state index in [9.17, 15) is 9.59 Å². The maximum atomic E-state index is 12.9. The van der Waals surface area contributed by atoms with Gasteiger partial charge in [0.25, 0.3) is 5.91 Å². The van der Waals surface area contributed by atoms with E-state index in [1.165, 1.54) is 4.90 Å². The molecule has 0 aromatic heterocycles. The van der Waals surface area contributed by atoms with Crippen LogP contribution in [-0.2, 0) is 16.9 Å². The topological polar surface area (TPSA) is 49.4 Å². The summed E-state index contributed by atoms with van der Waals surface area (Å²) in [4.78, 5) is 26.4. The van der Waals surface area contributed by atoms with Crippen molar-refractivity contribution in [2.24, 2.45) is 0 Å². The fourth-order valence-electron chi connectivity index (χ4n) is 2.66. The zero-order chi connectivity index (χ0) is 16.6. The maximum absolute atomic E-state index is 12.9. The SMILES string of the molecule is CC1(c2ccccc2Br)NC(=O)N(Cc2ccc(Cl)cc2)C1=O. The first-order valence-corrected chi connectivity index (χ1v) is 8.22. The van der Waals surface area contributed by atoms with Crippen LogP contribution in [-0.4, -0.2) is 16.8 Å². The molecule has 1 heterocycles. The second-order valence-electron chi connectivity index (χ2n) is 5.55. The lowest BCUT2D eigenvalue weighted by atomic mass is 9.92. The summed E-state index contributed by atoms with van der Waals surface area (Å²) in [7, 11) is 0. The van der Waals surface area contributed by atoms with Crippen molar-refractivity contribution in [3.63, 3.8) is 0 Å². The molecular formula is C17H14BrClN2O2. The smallest absolute Gasteiger partial charge is 0.319 e. The number of rotatable bonds is 3. The summed E-state index contributed by atoms with van der Waals surface area (Å²) in [5.74, 6) is -0.274. The normalized spacial score (nSPS) is 20.7. The van der Waals surface area contributed by atoms with Gasteiger partial charge in [-0.1, -0.05) is 57.9 Å². The highest BCUT2D eigenvalue weighted by Gasteiger charge is 2.49. The summed E-state index contributed by atoms with van der Waals surface area (Å²) < 4.78 is 0.782. The van der Waals surface area contributed by atoms with Gasteiger partial charge in [0.05, 0.1) is 6.54 Å². The lowest BCUT2D eigenvalue weighted by Gasteiger charge is -2.23. The van der Waals surface area contributed by atoms with Gasteiger partial charge in [-0.05, 0) is 30.7 Å². The number of carbonyl (C=O) groups is 2. The highest BCUT2D eigenvalue weighted by molar-refractivity contribution is 9.10. The van der Waals surface area contributed by atoms with Crippen molar-refractivity contribution in [1.29, 1.82) is 0 Å². The molecule has 3 rings (SSSR count). The number of hydrogen-bond acceptors (Lipinski definition) is 2. The van der Waals surface area contributed by atoms with Crippen LogP contribution in [0.15, 0.2) is 53.0 Å². The van der Waals surface area contributed by atoms with Gasteiger partial charge in [0, 0.05) is 15.1 Å². The van der Waals surface area contributed by atoms with Crippen LogP contribution in [0.2, 0.25) is 5.02 Å². The standard InChI is InChI=1S/C17H14BrClN2O2/c1-17(13-4-2-3-5-14(13)18)15(22)21(16(23)20-17)10-11-6-8-12(19)9-7-11/h2-9H,10H2,1H3,(H,20,23). The van der Waals surface area contributed by atoms with E-state index in [0.29, 0.717) is 5.02 Å². The molecule has 23 heavy (non-hydrogen) atoms. The molecule has 6 heteroatoms. The first-order valence-electron chi connectivity index (χ1n) is 7.05. The summed E-state index contributed by atoms with van der Waals surface area (Å²) in [5.41, 5.74) is 0.495. The van der Waals surface area contributed by atoms with Gasteiger partial charge < -0.3 is 5.32 Å². The third-order valence-corrected chi connectivity index (χ3v) is 4.88.